The molecule has 1 aromatic carbocycles. The van der Waals surface area contributed by atoms with Crippen LogP contribution in [-0.2, 0) is 25.5 Å². The standard InChI is InChI=1S/C21H29NO5/c1-15(27-19(23)13-16-7-4-3-5-8-16)21(2,25)20(24)26-14-17-10-12-22-11-6-9-18(17)22/h3-5,7-8,15,17-18,25H,6,9-14H2,1-2H3/t15-,17-,18-,21-/m0/s1. The van der Waals surface area contributed by atoms with E-state index in [-0.39, 0.29) is 6.42 Å². The molecule has 0 aromatic heterocycles. The number of rotatable bonds is 7. The highest BCUT2D eigenvalue weighted by Gasteiger charge is 2.43. The van der Waals surface area contributed by atoms with Gasteiger partial charge in [0.05, 0.1) is 13.0 Å². The van der Waals surface area contributed by atoms with Crippen LogP contribution >= 0.6 is 0 Å². The quantitative estimate of drug-likeness (QED) is 0.734. The second-order valence-electron chi connectivity index (χ2n) is 7.83. The number of hydrogen-bond donors (Lipinski definition) is 1. The topological polar surface area (TPSA) is 76.1 Å². The van der Waals surface area contributed by atoms with E-state index in [1.54, 1.807) is 0 Å². The average Bonchev–Trinajstić information content (AvgIpc) is 3.24. The van der Waals surface area contributed by atoms with Gasteiger partial charge in [0.25, 0.3) is 0 Å². The van der Waals surface area contributed by atoms with Crippen molar-refractivity contribution in [3.05, 3.63) is 35.9 Å². The Balaban J connectivity index is 1.48. The molecular weight excluding hydrogens is 346 g/mol. The first-order valence-electron chi connectivity index (χ1n) is 9.75. The summed E-state index contributed by atoms with van der Waals surface area (Å²) in [7, 11) is 0. The van der Waals surface area contributed by atoms with Crippen molar-refractivity contribution >= 4 is 11.9 Å². The number of esters is 2. The molecule has 0 unspecified atom stereocenters. The second kappa shape index (κ2) is 8.40. The highest BCUT2D eigenvalue weighted by Crippen LogP contribution is 2.33. The highest BCUT2D eigenvalue weighted by molar-refractivity contribution is 5.80. The SMILES string of the molecule is C[C@H](OC(=O)Cc1ccccc1)[C@](C)(O)C(=O)OC[C@@H]1CCN2CCC[C@@H]12. The maximum Gasteiger partial charge on any atom is 0.341 e. The van der Waals surface area contributed by atoms with Crippen LogP contribution < -0.4 is 0 Å². The molecule has 0 amide bonds. The smallest absolute Gasteiger partial charge is 0.341 e. The Morgan fingerprint density at radius 3 is 2.74 bits per heavy atom. The lowest BCUT2D eigenvalue weighted by molar-refractivity contribution is -0.184. The van der Waals surface area contributed by atoms with E-state index in [1.165, 1.54) is 20.3 Å². The predicted octanol–water partition coefficient (Wildman–Crippen LogP) is 1.94. The Labute approximate surface area is 160 Å². The van der Waals surface area contributed by atoms with Crippen molar-refractivity contribution in [2.45, 2.75) is 57.3 Å². The van der Waals surface area contributed by atoms with Gasteiger partial charge in [-0.05, 0) is 51.8 Å². The molecule has 1 N–H and O–H groups in total. The zero-order valence-corrected chi connectivity index (χ0v) is 16.1. The lowest BCUT2D eigenvalue weighted by Crippen LogP contribution is -2.49. The highest BCUT2D eigenvalue weighted by atomic mass is 16.6. The van der Waals surface area contributed by atoms with E-state index in [4.69, 9.17) is 9.47 Å². The fourth-order valence-electron chi connectivity index (χ4n) is 3.99. The second-order valence-corrected chi connectivity index (χ2v) is 7.83. The van der Waals surface area contributed by atoms with Crippen molar-refractivity contribution in [1.82, 2.24) is 4.90 Å². The molecule has 148 valence electrons. The number of aliphatic hydroxyl groups is 1. The summed E-state index contributed by atoms with van der Waals surface area (Å²) in [6, 6.07) is 9.69. The monoisotopic (exact) mass is 375 g/mol. The molecule has 6 heteroatoms. The largest absolute Gasteiger partial charge is 0.463 e. The Morgan fingerprint density at radius 1 is 1.26 bits per heavy atom. The minimum atomic E-state index is -1.87. The van der Waals surface area contributed by atoms with Crippen molar-refractivity contribution in [2.24, 2.45) is 5.92 Å². The fraction of sp³-hybridized carbons (Fsp3) is 0.619. The van der Waals surface area contributed by atoms with Gasteiger partial charge in [0.2, 0.25) is 0 Å². The van der Waals surface area contributed by atoms with Gasteiger partial charge in [-0.1, -0.05) is 30.3 Å². The minimum Gasteiger partial charge on any atom is -0.463 e. The Morgan fingerprint density at radius 2 is 2.00 bits per heavy atom. The minimum absolute atomic E-state index is 0.0932. The molecule has 2 saturated heterocycles. The fourth-order valence-corrected chi connectivity index (χ4v) is 3.99. The molecule has 3 rings (SSSR count). The van der Waals surface area contributed by atoms with Gasteiger partial charge in [-0.2, -0.15) is 0 Å². The molecule has 0 bridgehead atoms. The van der Waals surface area contributed by atoms with Gasteiger partial charge in [-0.15, -0.1) is 0 Å². The molecule has 2 aliphatic rings. The summed E-state index contributed by atoms with van der Waals surface area (Å²) in [4.78, 5) is 27.0. The summed E-state index contributed by atoms with van der Waals surface area (Å²) < 4.78 is 10.7. The molecule has 2 heterocycles. The number of fused-ring (bicyclic) bond motifs is 1. The maximum absolute atomic E-state index is 12.4. The van der Waals surface area contributed by atoms with Gasteiger partial charge in [0.15, 0.2) is 5.60 Å². The van der Waals surface area contributed by atoms with Crippen molar-refractivity contribution < 1.29 is 24.2 Å². The van der Waals surface area contributed by atoms with E-state index in [0.717, 1.165) is 31.5 Å². The van der Waals surface area contributed by atoms with Crippen molar-refractivity contribution in [3.63, 3.8) is 0 Å². The number of ether oxygens (including phenoxy) is 2. The van der Waals surface area contributed by atoms with Crippen molar-refractivity contribution in [1.29, 1.82) is 0 Å². The van der Waals surface area contributed by atoms with Crippen LogP contribution in [0.2, 0.25) is 0 Å². The lowest BCUT2D eigenvalue weighted by atomic mass is 9.98. The number of carbonyl (C=O) groups is 2. The molecule has 0 radical (unpaired) electrons. The summed E-state index contributed by atoms with van der Waals surface area (Å²) in [6.45, 7) is 5.34. The molecule has 27 heavy (non-hydrogen) atoms. The van der Waals surface area contributed by atoms with Crippen LogP contribution in [0.5, 0.6) is 0 Å². The average molecular weight is 375 g/mol. The van der Waals surface area contributed by atoms with E-state index in [2.05, 4.69) is 4.90 Å². The van der Waals surface area contributed by atoms with Crippen LogP contribution in [0.1, 0.15) is 38.7 Å². The van der Waals surface area contributed by atoms with Gasteiger partial charge >= 0.3 is 11.9 Å². The molecule has 0 saturated carbocycles. The van der Waals surface area contributed by atoms with Crippen LogP contribution in [0.3, 0.4) is 0 Å². The normalized spacial score (nSPS) is 25.4. The summed E-state index contributed by atoms with van der Waals surface area (Å²) in [5, 5.41) is 10.6. The first-order chi connectivity index (χ1) is 12.9. The number of hydrogen-bond acceptors (Lipinski definition) is 6. The third-order valence-electron chi connectivity index (χ3n) is 5.88. The van der Waals surface area contributed by atoms with Gasteiger partial charge < -0.3 is 14.6 Å². The molecule has 6 nitrogen and oxygen atoms in total. The predicted molar refractivity (Wildman–Crippen MR) is 100.0 cm³/mol. The van der Waals surface area contributed by atoms with Crippen LogP contribution in [-0.4, -0.2) is 59.4 Å². The van der Waals surface area contributed by atoms with Crippen LogP contribution in [0.25, 0.3) is 0 Å². The number of nitrogens with zero attached hydrogens (tertiary/aromatic N) is 1. The van der Waals surface area contributed by atoms with Crippen LogP contribution in [0.15, 0.2) is 30.3 Å². The molecule has 1 aromatic rings. The van der Waals surface area contributed by atoms with Crippen LogP contribution in [0, 0.1) is 5.92 Å². The first kappa shape index (κ1) is 19.8. The van der Waals surface area contributed by atoms with Crippen molar-refractivity contribution in [3.8, 4) is 0 Å². The van der Waals surface area contributed by atoms with E-state index in [1.807, 2.05) is 30.3 Å². The van der Waals surface area contributed by atoms with Gasteiger partial charge in [0, 0.05) is 12.0 Å². The molecule has 0 spiro atoms. The zero-order chi connectivity index (χ0) is 19.4. The number of carbonyl (C=O) groups excluding carboxylic acids is 2. The first-order valence-corrected chi connectivity index (χ1v) is 9.75. The van der Waals surface area contributed by atoms with E-state index < -0.39 is 23.6 Å². The third-order valence-corrected chi connectivity index (χ3v) is 5.88. The molecule has 4 atom stereocenters. The third kappa shape index (κ3) is 4.68. The van der Waals surface area contributed by atoms with Gasteiger partial charge in [-0.25, -0.2) is 4.79 Å². The molecule has 2 fully saturated rings. The number of benzene rings is 1. The lowest BCUT2D eigenvalue weighted by Gasteiger charge is -2.29. The van der Waals surface area contributed by atoms with Crippen molar-refractivity contribution in [2.75, 3.05) is 19.7 Å². The summed E-state index contributed by atoms with van der Waals surface area (Å²) in [5.74, 6) is -0.902. The Hall–Kier alpha value is -1.92. The summed E-state index contributed by atoms with van der Waals surface area (Å²) >= 11 is 0. The van der Waals surface area contributed by atoms with Crippen LogP contribution in [0.4, 0.5) is 0 Å². The molecule has 0 aliphatic carbocycles. The molecule has 2 aliphatic heterocycles. The summed E-state index contributed by atoms with van der Waals surface area (Å²) in [6.07, 6.45) is 2.46. The van der Waals surface area contributed by atoms with Gasteiger partial charge in [-0.3, -0.25) is 9.69 Å². The zero-order valence-electron chi connectivity index (χ0n) is 16.1. The van der Waals surface area contributed by atoms with E-state index in [9.17, 15) is 14.7 Å². The molecular formula is C21H29NO5. The van der Waals surface area contributed by atoms with E-state index in [0.29, 0.717) is 18.6 Å². The maximum atomic E-state index is 12.4. The Kier molecular flexibility index (Phi) is 6.17. The van der Waals surface area contributed by atoms with Gasteiger partial charge in [0.1, 0.15) is 6.10 Å². The van der Waals surface area contributed by atoms with E-state index >= 15 is 0 Å². The Bertz CT molecular complexity index is 660. The summed E-state index contributed by atoms with van der Waals surface area (Å²) in [5.41, 5.74) is -1.06.